The monoisotopic (exact) mass is 422 g/mol. The highest BCUT2D eigenvalue weighted by Crippen LogP contribution is 2.28. The van der Waals surface area contributed by atoms with E-state index in [4.69, 9.17) is 21.1 Å². The molecule has 0 radical (unpaired) electrons. The van der Waals surface area contributed by atoms with Gasteiger partial charge in [0.05, 0.1) is 12.8 Å². The molecular weight excluding hydrogens is 400 g/mol. The minimum Gasteiger partial charge on any atom is -0.493 e. The smallest absolute Gasteiger partial charge is 0.262 e. The molecule has 6 heteroatoms. The number of hydrogen-bond donors (Lipinski definition) is 1. The molecule has 1 N–H and O–H groups in total. The second-order valence-corrected chi connectivity index (χ2v) is 7.21. The molecule has 0 spiro atoms. The zero-order valence-corrected chi connectivity index (χ0v) is 17.9. The molecule has 0 heterocycles. The van der Waals surface area contributed by atoms with Gasteiger partial charge in [-0.15, -0.1) is 0 Å². The molecule has 0 bridgehead atoms. The summed E-state index contributed by atoms with van der Waals surface area (Å²) in [6.45, 7) is 3.78. The Labute approximate surface area is 181 Å². The Balaban J connectivity index is 1.62. The van der Waals surface area contributed by atoms with Crippen LogP contribution in [0.25, 0.3) is 0 Å². The van der Waals surface area contributed by atoms with Gasteiger partial charge in [-0.3, -0.25) is 9.79 Å². The lowest BCUT2D eigenvalue weighted by Gasteiger charge is -2.12. The van der Waals surface area contributed by atoms with Crippen molar-refractivity contribution in [2.24, 2.45) is 4.99 Å². The maximum absolute atomic E-state index is 12.2. The normalized spacial score (nSPS) is 10.8. The van der Waals surface area contributed by atoms with Crippen molar-refractivity contribution in [2.45, 2.75) is 13.8 Å². The number of ether oxygens (including phenoxy) is 2. The Morgan fingerprint density at radius 3 is 2.50 bits per heavy atom. The van der Waals surface area contributed by atoms with Crippen molar-refractivity contribution < 1.29 is 14.3 Å². The van der Waals surface area contributed by atoms with Gasteiger partial charge in [-0.1, -0.05) is 35.4 Å². The van der Waals surface area contributed by atoms with Crippen LogP contribution in [0.2, 0.25) is 5.02 Å². The van der Waals surface area contributed by atoms with Crippen molar-refractivity contribution in [1.82, 2.24) is 0 Å². The molecule has 154 valence electrons. The molecule has 3 aromatic carbocycles. The summed E-state index contributed by atoms with van der Waals surface area (Å²) in [7, 11) is 1.55. The second kappa shape index (κ2) is 9.94. The molecule has 1 amide bonds. The SMILES string of the molecule is COc1cc(C=Nc2ccc(C)cc2)ccc1OCC(=O)Nc1ccc(C)c(Cl)c1. The van der Waals surface area contributed by atoms with Gasteiger partial charge in [0.15, 0.2) is 18.1 Å². The Morgan fingerprint density at radius 1 is 1.03 bits per heavy atom. The van der Waals surface area contributed by atoms with Gasteiger partial charge >= 0.3 is 0 Å². The summed E-state index contributed by atoms with van der Waals surface area (Å²) in [5.41, 5.74) is 4.48. The topological polar surface area (TPSA) is 59.9 Å². The third-order valence-electron chi connectivity index (χ3n) is 4.40. The van der Waals surface area contributed by atoms with Crippen molar-refractivity contribution in [3.8, 4) is 11.5 Å². The van der Waals surface area contributed by atoms with Crippen molar-refractivity contribution in [3.63, 3.8) is 0 Å². The van der Waals surface area contributed by atoms with E-state index >= 15 is 0 Å². The number of carbonyl (C=O) groups is 1. The van der Waals surface area contributed by atoms with Crippen LogP contribution in [-0.4, -0.2) is 25.8 Å². The quantitative estimate of drug-likeness (QED) is 0.494. The summed E-state index contributed by atoms with van der Waals surface area (Å²) in [6, 6.07) is 18.7. The van der Waals surface area contributed by atoms with Crippen molar-refractivity contribution in [3.05, 3.63) is 82.4 Å². The molecule has 0 aliphatic rings. The van der Waals surface area contributed by atoms with Crippen LogP contribution < -0.4 is 14.8 Å². The first-order chi connectivity index (χ1) is 14.4. The summed E-state index contributed by atoms with van der Waals surface area (Å²) in [5, 5.41) is 3.36. The van der Waals surface area contributed by atoms with Crippen LogP contribution in [0.4, 0.5) is 11.4 Å². The zero-order valence-electron chi connectivity index (χ0n) is 17.1. The Hall–Kier alpha value is -3.31. The van der Waals surface area contributed by atoms with Gasteiger partial charge in [-0.25, -0.2) is 0 Å². The van der Waals surface area contributed by atoms with Crippen LogP contribution >= 0.6 is 11.6 Å². The maximum Gasteiger partial charge on any atom is 0.262 e. The Kier molecular flexibility index (Phi) is 7.09. The molecule has 3 aromatic rings. The lowest BCUT2D eigenvalue weighted by atomic mass is 10.2. The Morgan fingerprint density at radius 2 is 1.80 bits per heavy atom. The molecule has 0 aromatic heterocycles. The number of benzene rings is 3. The molecular formula is C24H23ClN2O3. The number of nitrogens with one attached hydrogen (secondary N) is 1. The number of rotatable bonds is 7. The van der Waals surface area contributed by atoms with Gasteiger partial charge in [-0.2, -0.15) is 0 Å². The molecule has 0 atom stereocenters. The molecule has 0 saturated heterocycles. The van der Waals surface area contributed by atoms with E-state index in [0.717, 1.165) is 16.8 Å². The number of amides is 1. The van der Waals surface area contributed by atoms with Crippen molar-refractivity contribution >= 4 is 35.1 Å². The van der Waals surface area contributed by atoms with Gasteiger partial charge in [0.1, 0.15) is 0 Å². The van der Waals surface area contributed by atoms with Crippen LogP contribution in [0, 0.1) is 13.8 Å². The summed E-state index contributed by atoms with van der Waals surface area (Å²) in [6.07, 6.45) is 1.75. The zero-order chi connectivity index (χ0) is 21.5. The van der Waals surface area contributed by atoms with Crippen molar-refractivity contribution in [2.75, 3.05) is 19.0 Å². The minimum absolute atomic E-state index is 0.154. The highest BCUT2D eigenvalue weighted by atomic mass is 35.5. The Bertz CT molecular complexity index is 1060. The van der Waals surface area contributed by atoms with E-state index in [1.807, 2.05) is 56.3 Å². The van der Waals surface area contributed by atoms with Crippen LogP contribution in [0.15, 0.2) is 65.7 Å². The summed E-state index contributed by atoms with van der Waals surface area (Å²) < 4.78 is 11.0. The fourth-order valence-corrected chi connectivity index (χ4v) is 2.86. The first-order valence-corrected chi connectivity index (χ1v) is 9.80. The van der Waals surface area contributed by atoms with Gasteiger partial charge < -0.3 is 14.8 Å². The first-order valence-electron chi connectivity index (χ1n) is 9.42. The fourth-order valence-electron chi connectivity index (χ4n) is 2.67. The average molecular weight is 423 g/mol. The van der Waals surface area contributed by atoms with E-state index in [0.29, 0.717) is 22.2 Å². The predicted octanol–water partition coefficient (Wildman–Crippen LogP) is 5.73. The number of anilines is 1. The van der Waals surface area contributed by atoms with Crippen LogP contribution in [0.1, 0.15) is 16.7 Å². The predicted molar refractivity (Wildman–Crippen MR) is 122 cm³/mol. The second-order valence-electron chi connectivity index (χ2n) is 6.80. The highest BCUT2D eigenvalue weighted by Gasteiger charge is 2.09. The maximum atomic E-state index is 12.2. The van der Waals surface area contributed by atoms with Crippen LogP contribution in [-0.2, 0) is 4.79 Å². The van der Waals surface area contributed by atoms with Gasteiger partial charge in [-0.05, 0) is 67.4 Å². The summed E-state index contributed by atoms with van der Waals surface area (Å²) >= 11 is 6.09. The lowest BCUT2D eigenvalue weighted by molar-refractivity contribution is -0.118. The van der Waals surface area contributed by atoms with Gasteiger partial charge in [0, 0.05) is 16.9 Å². The summed E-state index contributed by atoms with van der Waals surface area (Å²) in [5.74, 6) is 0.707. The van der Waals surface area contributed by atoms with E-state index in [1.54, 1.807) is 31.5 Å². The standard InChI is InChI=1S/C24H23ClN2O3/c1-16-4-8-19(9-5-16)26-14-18-7-11-22(23(12-18)29-3)30-15-24(28)27-20-10-6-17(2)21(25)13-20/h4-14H,15H2,1-3H3,(H,27,28). The molecule has 30 heavy (non-hydrogen) atoms. The minimum atomic E-state index is -0.290. The number of nitrogens with zero attached hydrogens (tertiary/aromatic N) is 1. The molecule has 0 saturated carbocycles. The molecule has 3 rings (SSSR count). The third kappa shape index (κ3) is 5.84. The van der Waals surface area contributed by atoms with Crippen LogP contribution in [0.5, 0.6) is 11.5 Å². The van der Waals surface area contributed by atoms with E-state index in [2.05, 4.69) is 10.3 Å². The molecule has 5 nitrogen and oxygen atoms in total. The molecule has 0 unspecified atom stereocenters. The number of methoxy groups -OCH3 is 1. The highest BCUT2D eigenvalue weighted by molar-refractivity contribution is 6.31. The molecule has 0 aliphatic carbocycles. The molecule has 0 aliphatic heterocycles. The third-order valence-corrected chi connectivity index (χ3v) is 4.81. The lowest BCUT2D eigenvalue weighted by Crippen LogP contribution is -2.20. The largest absolute Gasteiger partial charge is 0.493 e. The number of aryl methyl sites for hydroxylation is 2. The first kappa shape index (κ1) is 21.4. The number of aliphatic imine (C=N–C) groups is 1. The van der Waals surface area contributed by atoms with Crippen molar-refractivity contribution in [1.29, 1.82) is 0 Å². The number of hydrogen-bond acceptors (Lipinski definition) is 4. The average Bonchev–Trinajstić information content (AvgIpc) is 2.74. The number of carbonyl (C=O) groups excluding carboxylic acids is 1. The molecule has 0 fully saturated rings. The number of halogens is 1. The van der Waals surface area contributed by atoms with Gasteiger partial charge in [0.2, 0.25) is 0 Å². The summed E-state index contributed by atoms with van der Waals surface area (Å²) in [4.78, 5) is 16.7. The fraction of sp³-hybridized carbons (Fsp3) is 0.167. The van der Waals surface area contributed by atoms with E-state index in [-0.39, 0.29) is 12.5 Å². The van der Waals surface area contributed by atoms with Gasteiger partial charge in [0.25, 0.3) is 5.91 Å². The van der Waals surface area contributed by atoms with E-state index in [9.17, 15) is 4.79 Å². The van der Waals surface area contributed by atoms with E-state index in [1.165, 1.54) is 5.56 Å². The van der Waals surface area contributed by atoms with Crippen LogP contribution in [0.3, 0.4) is 0 Å². The van der Waals surface area contributed by atoms with E-state index < -0.39 is 0 Å².